The van der Waals surface area contributed by atoms with Gasteiger partial charge in [-0.05, 0) is 25.1 Å². The molecule has 1 amide bonds. The molecule has 0 saturated carbocycles. The number of carboxylic acid groups (broad SMARTS) is 1. The predicted octanol–water partition coefficient (Wildman–Crippen LogP) is 2.66. The third kappa shape index (κ3) is 2.93. The molecular formula is C11H10BrNO3. The van der Waals surface area contributed by atoms with Crippen molar-refractivity contribution in [3.63, 3.8) is 0 Å². The second-order valence-corrected chi connectivity index (χ2v) is 4.15. The molecule has 0 aromatic heterocycles. The lowest BCUT2D eigenvalue weighted by atomic mass is 10.1. The highest BCUT2D eigenvalue weighted by atomic mass is 79.9. The fourth-order valence-electron chi connectivity index (χ4n) is 1.03. The van der Waals surface area contributed by atoms with Gasteiger partial charge in [-0.25, -0.2) is 4.79 Å². The van der Waals surface area contributed by atoms with Crippen LogP contribution in [0, 0.1) is 0 Å². The van der Waals surface area contributed by atoms with Gasteiger partial charge >= 0.3 is 5.97 Å². The van der Waals surface area contributed by atoms with E-state index in [9.17, 15) is 9.59 Å². The van der Waals surface area contributed by atoms with Crippen LogP contribution in [0.25, 0.3) is 0 Å². The van der Waals surface area contributed by atoms with Crippen molar-refractivity contribution in [1.29, 1.82) is 0 Å². The first-order valence-electron chi connectivity index (χ1n) is 4.41. The number of carboxylic acids is 1. The first kappa shape index (κ1) is 12.4. The quantitative estimate of drug-likeness (QED) is 0.838. The van der Waals surface area contributed by atoms with Crippen molar-refractivity contribution in [3.05, 3.63) is 40.4 Å². The summed E-state index contributed by atoms with van der Waals surface area (Å²) in [6.07, 6.45) is 0. The van der Waals surface area contributed by atoms with Gasteiger partial charge in [0.2, 0.25) is 0 Å². The molecule has 0 aliphatic heterocycles. The first-order chi connectivity index (χ1) is 7.41. The van der Waals surface area contributed by atoms with Gasteiger partial charge in [0.25, 0.3) is 5.91 Å². The van der Waals surface area contributed by atoms with Gasteiger partial charge in [-0.2, -0.15) is 0 Å². The SMILES string of the molecule is C=C(C)C(=O)Nc1ccc(Br)cc1C(=O)O. The number of carbonyl (C=O) groups is 2. The Bertz CT molecular complexity index is 468. The van der Waals surface area contributed by atoms with E-state index in [1.807, 2.05) is 0 Å². The topological polar surface area (TPSA) is 66.4 Å². The van der Waals surface area contributed by atoms with E-state index in [2.05, 4.69) is 27.8 Å². The minimum absolute atomic E-state index is 0.0315. The molecule has 0 saturated heterocycles. The third-order valence-electron chi connectivity index (χ3n) is 1.85. The van der Waals surface area contributed by atoms with Crippen LogP contribution in [0.1, 0.15) is 17.3 Å². The number of nitrogens with one attached hydrogen (secondary N) is 1. The maximum atomic E-state index is 11.4. The summed E-state index contributed by atoms with van der Waals surface area (Å²) in [6, 6.07) is 4.60. The Hall–Kier alpha value is -1.62. The maximum Gasteiger partial charge on any atom is 0.337 e. The molecule has 1 aromatic carbocycles. The molecule has 16 heavy (non-hydrogen) atoms. The van der Waals surface area contributed by atoms with Gasteiger partial charge in [0, 0.05) is 10.0 Å². The van der Waals surface area contributed by atoms with Crippen molar-refractivity contribution in [3.8, 4) is 0 Å². The molecule has 84 valence electrons. The molecule has 0 atom stereocenters. The van der Waals surface area contributed by atoms with Gasteiger partial charge < -0.3 is 10.4 Å². The number of rotatable bonds is 3. The summed E-state index contributed by atoms with van der Waals surface area (Å²) in [5, 5.41) is 11.4. The Morgan fingerprint density at radius 1 is 1.44 bits per heavy atom. The fourth-order valence-corrected chi connectivity index (χ4v) is 1.39. The van der Waals surface area contributed by atoms with Gasteiger partial charge in [-0.15, -0.1) is 0 Å². The number of hydrogen-bond acceptors (Lipinski definition) is 2. The number of anilines is 1. The van der Waals surface area contributed by atoms with Crippen molar-refractivity contribution in [1.82, 2.24) is 0 Å². The van der Waals surface area contributed by atoms with Gasteiger partial charge in [-0.3, -0.25) is 4.79 Å². The molecule has 1 aromatic rings. The molecule has 0 aliphatic rings. The highest BCUT2D eigenvalue weighted by Crippen LogP contribution is 2.21. The first-order valence-corrected chi connectivity index (χ1v) is 5.21. The second kappa shape index (κ2) is 4.94. The summed E-state index contributed by atoms with van der Waals surface area (Å²) in [5.41, 5.74) is 0.604. The highest BCUT2D eigenvalue weighted by molar-refractivity contribution is 9.10. The van der Waals surface area contributed by atoms with E-state index >= 15 is 0 Å². The highest BCUT2D eigenvalue weighted by Gasteiger charge is 2.12. The second-order valence-electron chi connectivity index (χ2n) is 3.23. The van der Waals surface area contributed by atoms with Crippen molar-refractivity contribution in [2.45, 2.75) is 6.92 Å². The molecule has 1 rings (SSSR count). The minimum atomic E-state index is -1.10. The average Bonchev–Trinajstić information content (AvgIpc) is 2.20. The molecule has 0 aliphatic carbocycles. The van der Waals surface area contributed by atoms with Crippen LogP contribution in [0.5, 0.6) is 0 Å². The molecule has 2 N–H and O–H groups in total. The predicted molar refractivity (Wildman–Crippen MR) is 64.5 cm³/mol. The van der Waals surface area contributed by atoms with Crippen molar-refractivity contribution in [2.75, 3.05) is 5.32 Å². The van der Waals surface area contributed by atoms with E-state index in [-0.39, 0.29) is 11.3 Å². The van der Waals surface area contributed by atoms with E-state index in [0.717, 1.165) is 0 Å². The van der Waals surface area contributed by atoms with E-state index in [1.165, 1.54) is 12.1 Å². The van der Waals surface area contributed by atoms with Crippen LogP contribution in [0.2, 0.25) is 0 Å². The monoisotopic (exact) mass is 283 g/mol. The Kier molecular flexibility index (Phi) is 3.84. The summed E-state index contributed by atoms with van der Waals surface area (Å²) < 4.78 is 0.637. The van der Waals surface area contributed by atoms with Crippen molar-refractivity contribution >= 4 is 33.5 Å². The Morgan fingerprint density at radius 3 is 2.56 bits per heavy atom. The number of amides is 1. The van der Waals surface area contributed by atoms with Crippen LogP contribution >= 0.6 is 15.9 Å². The number of carbonyl (C=O) groups excluding carboxylic acids is 1. The molecule has 5 heteroatoms. The minimum Gasteiger partial charge on any atom is -0.478 e. The molecule has 0 radical (unpaired) electrons. The molecule has 0 bridgehead atoms. The number of aromatic carboxylic acids is 1. The van der Waals surface area contributed by atoms with Gasteiger partial charge in [0.15, 0.2) is 0 Å². The van der Waals surface area contributed by atoms with Crippen molar-refractivity contribution in [2.24, 2.45) is 0 Å². The summed E-state index contributed by atoms with van der Waals surface area (Å²) in [6.45, 7) is 5.02. The van der Waals surface area contributed by atoms with Crippen LogP contribution in [0.15, 0.2) is 34.8 Å². The van der Waals surface area contributed by atoms with Crippen LogP contribution in [0.4, 0.5) is 5.69 Å². The van der Waals surface area contributed by atoms with Crippen LogP contribution in [-0.2, 0) is 4.79 Å². The largest absolute Gasteiger partial charge is 0.478 e. The zero-order chi connectivity index (χ0) is 12.3. The zero-order valence-electron chi connectivity index (χ0n) is 8.58. The lowest BCUT2D eigenvalue weighted by Gasteiger charge is -2.08. The Labute approximate surface area is 101 Å². The van der Waals surface area contributed by atoms with E-state index in [0.29, 0.717) is 10.0 Å². The molecule has 0 unspecified atom stereocenters. The molecule has 0 heterocycles. The van der Waals surface area contributed by atoms with Gasteiger partial charge in [-0.1, -0.05) is 22.5 Å². The van der Waals surface area contributed by atoms with E-state index in [4.69, 9.17) is 5.11 Å². The lowest BCUT2D eigenvalue weighted by molar-refractivity contribution is -0.112. The van der Waals surface area contributed by atoms with Gasteiger partial charge in [0.1, 0.15) is 0 Å². The zero-order valence-corrected chi connectivity index (χ0v) is 10.2. The van der Waals surface area contributed by atoms with Gasteiger partial charge in [0.05, 0.1) is 11.3 Å². The normalized spacial score (nSPS) is 9.62. The van der Waals surface area contributed by atoms with Crippen molar-refractivity contribution < 1.29 is 14.7 Å². The molecule has 4 nitrogen and oxygen atoms in total. The smallest absolute Gasteiger partial charge is 0.337 e. The summed E-state index contributed by atoms with van der Waals surface area (Å²) in [4.78, 5) is 22.3. The third-order valence-corrected chi connectivity index (χ3v) is 2.34. The summed E-state index contributed by atoms with van der Waals surface area (Å²) in [7, 11) is 0. The summed E-state index contributed by atoms with van der Waals surface area (Å²) in [5.74, 6) is -1.50. The van der Waals surface area contributed by atoms with Crippen LogP contribution in [-0.4, -0.2) is 17.0 Å². The number of halogens is 1. The van der Waals surface area contributed by atoms with Crippen LogP contribution in [0.3, 0.4) is 0 Å². The molecule has 0 fully saturated rings. The standard InChI is InChI=1S/C11H10BrNO3/c1-6(2)10(14)13-9-4-3-7(12)5-8(9)11(15)16/h3-5H,1H2,2H3,(H,13,14)(H,15,16). The van der Waals surface area contributed by atoms with E-state index in [1.54, 1.807) is 13.0 Å². The molecule has 0 spiro atoms. The number of hydrogen-bond donors (Lipinski definition) is 2. The molecular weight excluding hydrogens is 274 g/mol. The summed E-state index contributed by atoms with van der Waals surface area (Å²) >= 11 is 3.17. The van der Waals surface area contributed by atoms with E-state index < -0.39 is 11.9 Å². The fraction of sp³-hybridized carbons (Fsp3) is 0.0909. The average molecular weight is 284 g/mol. The maximum absolute atomic E-state index is 11.4. The Balaban J connectivity index is 3.09. The number of benzene rings is 1. The lowest BCUT2D eigenvalue weighted by Crippen LogP contribution is -2.14. The Morgan fingerprint density at radius 2 is 2.06 bits per heavy atom. The van der Waals surface area contributed by atoms with Crippen LogP contribution < -0.4 is 5.32 Å².